The number of hydrogen-bond donors (Lipinski definition) is 3. The Hall–Kier alpha value is -1.50. The quantitative estimate of drug-likeness (QED) is 0.469. The van der Waals surface area contributed by atoms with E-state index in [9.17, 15) is 4.79 Å². The standard InChI is InChI=1S/C8H13N5OS/c9-7(15)3-1-2-4-10-8(14)6-5-11-13-12-6/h5H,1-4H2,(H2,9,15)(H,10,14)(H,11,12,13). The van der Waals surface area contributed by atoms with Crippen molar-refractivity contribution in [1.82, 2.24) is 20.7 Å². The van der Waals surface area contributed by atoms with Crippen molar-refractivity contribution in [1.29, 1.82) is 0 Å². The summed E-state index contributed by atoms with van der Waals surface area (Å²) in [5, 5.41) is 12.3. The van der Waals surface area contributed by atoms with Crippen LogP contribution in [0.25, 0.3) is 0 Å². The van der Waals surface area contributed by atoms with Crippen LogP contribution >= 0.6 is 12.2 Å². The van der Waals surface area contributed by atoms with E-state index in [1.807, 2.05) is 0 Å². The fourth-order valence-corrected chi connectivity index (χ4v) is 1.17. The largest absolute Gasteiger partial charge is 0.393 e. The van der Waals surface area contributed by atoms with Crippen molar-refractivity contribution in [2.75, 3.05) is 6.54 Å². The Morgan fingerprint density at radius 2 is 2.40 bits per heavy atom. The number of thiocarbonyl (C=S) groups is 1. The molecule has 82 valence electrons. The molecule has 15 heavy (non-hydrogen) atoms. The number of nitrogens with one attached hydrogen (secondary N) is 2. The molecule has 0 saturated heterocycles. The van der Waals surface area contributed by atoms with Gasteiger partial charge in [-0.1, -0.05) is 12.2 Å². The van der Waals surface area contributed by atoms with Gasteiger partial charge in [0.15, 0.2) is 5.69 Å². The van der Waals surface area contributed by atoms with E-state index >= 15 is 0 Å². The molecule has 1 aromatic rings. The van der Waals surface area contributed by atoms with Crippen LogP contribution in [-0.4, -0.2) is 32.9 Å². The molecule has 0 radical (unpaired) electrons. The highest BCUT2D eigenvalue weighted by molar-refractivity contribution is 7.80. The van der Waals surface area contributed by atoms with Crippen molar-refractivity contribution in [3.8, 4) is 0 Å². The maximum Gasteiger partial charge on any atom is 0.273 e. The SMILES string of the molecule is NC(=S)CCCCNC(=O)c1cn[nH]n1. The maximum atomic E-state index is 11.3. The summed E-state index contributed by atoms with van der Waals surface area (Å²) < 4.78 is 0. The Bertz CT molecular complexity index is 324. The predicted octanol–water partition coefficient (Wildman–Crippen LogP) is -0.00910. The second-order valence-electron chi connectivity index (χ2n) is 3.03. The van der Waals surface area contributed by atoms with Crippen LogP contribution in [0.5, 0.6) is 0 Å². The summed E-state index contributed by atoms with van der Waals surface area (Å²) in [5.74, 6) is -0.223. The van der Waals surface area contributed by atoms with Crippen LogP contribution in [0.1, 0.15) is 29.8 Å². The van der Waals surface area contributed by atoms with Gasteiger partial charge in [-0.3, -0.25) is 4.79 Å². The number of aromatic nitrogens is 3. The molecule has 0 aliphatic carbocycles. The lowest BCUT2D eigenvalue weighted by Gasteiger charge is -2.01. The van der Waals surface area contributed by atoms with E-state index in [2.05, 4.69) is 20.7 Å². The Balaban J connectivity index is 2.10. The third kappa shape index (κ3) is 4.50. The van der Waals surface area contributed by atoms with E-state index in [-0.39, 0.29) is 5.91 Å². The second kappa shape index (κ2) is 6.07. The third-order valence-corrected chi connectivity index (χ3v) is 1.99. The molecule has 1 amide bonds. The van der Waals surface area contributed by atoms with Crippen LogP contribution in [0.3, 0.4) is 0 Å². The smallest absolute Gasteiger partial charge is 0.273 e. The Labute approximate surface area is 92.6 Å². The minimum atomic E-state index is -0.223. The van der Waals surface area contributed by atoms with E-state index in [1.165, 1.54) is 6.20 Å². The number of H-pyrrole nitrogens is 1. The van der Waals surface area contributed by atoms with Crippen molar-refractivity contribution in [2.45, 2.75) is 19.3 Å². The Kier molecular flexibility index (Phi) is 4.69. The molecule has 0 unspecified atom stereocenters. The average Bonchev–Trinajstić information content (AvgIpc) is 2.69. The van der Waals surface area contributed by atoms with Gasteiger partial charge in [0.2, 0.25) is 0 Å². The first-order chi connectivity index (χ1) is 7.20. The van der Waals surface area contributed by atoms with Gasteiger partial charge in [0.05, 0.1) is 11.2 Å². The molecule has 1 heterocycles. The highest BCUT2D eigenvalue weighted by Gasteiger charge is 2.06. The molecule has 0 aliphatic heterocycles. The van der Waals surface area contributed by atoms with Gasteiger partial charge in [-0.25, -0.2) is 0 Å². The van der Waals surface area contributed by atoms with E-state index in [0.29, 0.717) is 17.2 Å². The van der Waals surface area contributed by atoms with Crippen molar-refractivity contribution < 1.29 is 4.79 Å². The van der Waals surface area contributed by atoms with Gasteiger partial charge in [0.1, 0.15) is 0 Å². The van der Waals surface area contributed by atoms with Crippen LogP contribution in [0, 0.1) is 0 Å². The first-order valence-electron chi connectivity index (χ1n) is 4.62. The maximum absolute atomic E-state index is 11.3. The van der Waals surface area contributed by atoms with Crippen LogP contribution in [-0.2, 0) is 0 Å². The monoisotopic (exact) mass is 227 g/mol. The molecule has 1 aromatic heterocycles. The first-order valence-corrected chi connectivity index (χ1v) is 5.03. The van der Waals surface area contributed by atoms with Crippen molar-refractivity contribution in [3.63, 3.8) is 0 Å². The lowest BCUT2D eigenvalue weighted by atomic mass is 10.2. The summed E-state index contributed by atoms with van der Waals surface area (Å²) in [7, 11) is 0. The molecule has 0 saturated carbocycles. The van der Waals surface area contributed by atoms with E-state index in [0.717, 1.165) is 19.3 Å². The van der Waals surface area contributed by atoms with Crippen LogP contribution in [0.2, 0.25) is 0 Å². The zero-order valence-corrected chi connectivity index (χ0v) is 9.01. The first kappa shape index (κ1) is 11.6. The summed E-state index contributed by atoms with van der Waals surface area (Å²) in [4.78, 5) is 11.8. The van der Waals surface area contributed by atoms with Crippen LogP contribution in [0.15, 0.2) is 6.20 Å². The topological polar surface area (TPSA) is 96.7 Å². The molecule has 1 rings (SSSR count). The molecule has 0 aromatic carbocycles. The van der Waals surface area contributed by atoms with Gasteiger partial charge in [-0.05, 0) is 19.3 Å². The van der Waals surface area contributed by atoms with Crippen molar-refractivity contribution in [2.24, 2.45) is 5.73 Å². The minimum Gasteiger partial charge on any atom is -0.393 e. The fourth-order valence-electron chi connectivity index (χ4n) is 1.03. The zero-order chi connectivity index (χ0) is 11.1. The number of carbonyl (C=O) groups excluding carboxylic acids is 1. The number of carbonyl (C=O) groups is 1. The highest BCUT2D eigenvalue weighted by atomic mass is 32.1. The fraction of sp³-hybridized carbons (Fsp3) is 0.500. The number of rotatable bonds is 6. The van der Waals surface area contributed by atoms with Crippen molar-refractivity contribution >= 4 is 23.1 Å². The van der Waals surface area contributed by atoms with Crippen LogP contribution in [0.4, 0.5) is 0 Å². The number of amides is 1. The predicted molar refractivity (Wildman–Crippen MR) is 59.4 cm³/mol. The molecule has 4 N–H and O–H groups in total. The molecule has 7 heteroatoms. The number of aromatic amines is 1. The van der Waals surface area contributed by atoms with Gasteiger partial charge < -0.3 is 11.1 Å². The Morgan fingerprint density at radius 3 is 3.00 bits per heavy atom. The zero-order valence-electron chi connectivity index (χ0n) is 8.19. The van der Waals surface area contributed by atoms with E-state index in [1.54, 1.807) is 0 Å². The summed E-state index contributed by atoms with van der Waals surface area (Å²) in [6.07, 6.45) is 3.83. The molecule has 0 bridgehead atoms. The number of unbranched alkanes of at least 4 members (excludes halogenated alkanes) is 1. The number of hydrogen-bond acceptors (Lipinski definition) is 4. The van der Waals surface area contributed by atoms with Crippen molar-refractivity contribution in [3.05, 3.63) is 11.9 Å². The summed E-state index contributed by atoms with van der Waals surface area (Å²) in [6, 6.07) is 0. The second-order valence-corrected chi connectivity index (χ2v) is 3.56. The van der Waals surface area contributed by atoms with Gasteiger partial charge in [-0.2, -0.15) is 15.4 Å². The molecule has 0 fully saturated rings. The number of nitrogens with two attached hydrogens (primary N) is 1. The molecule has 0 atom stereocenters. The number of nitrogens with zero attached hydrogens (tertiary/aromatic N) is 2. The summed E-state index contributed by atoms with van der Waals surface area (Å²) in [5.41, 5.74) is 5.63. The van der Waals surface area contributed by atoms with Gasteiger partial charge in [0.25, 0.3) is 5.91 Å². The van der Waals surface area contributed by atoms with E-state index < -0.39 is 0 Å². The molecular weight excluding hydrogens is 214 g/mol. The normalized spacial score (nSPS) is 9.87. The average molecular weight is 227 g/mol. The Morgan fingerprint density at radius 1 is 1.60 bits per heavy atom. The van der Waals surface area contributed by atoms with Gasteiger partial charge in [-0.15, -0.1) is 0 Å². The third-order valence-electron chi connectivity index (χ3n) is 1.78. The summed E-state index contributed by atoms with van der Waals surface area (Å²) >= 11 is 4.73. The molecule has 0 aliphatic rings. The van der Waals surface area contributed by atoms with Gasteiger partial charge >= 0.3 is 0 Å². The molecular formula is C8H13N5OS. The molecule has 0 spiro atoms. The minimum absolute atomic E-state index is 0.223. The lowest BCUT2D eigenvalue weighted by molar-refractivity contribution is 0.0948. The molecule has 6 nitrogen and oxygen atoms in total. The highest BCUT2D eigenvalue weighted by Crippen LogP contribution is 1.94. The summed E-state index contributed by atoms with van der Waals surface area (Å²) in [6.45, 7) is 0.592. The van der Waals surface area contributed by atoms with Crippen LogP contribution < -0.4 is 11.1 Å². The van der Waals surface area contributed by atoms with Gasteiger partial charge in [0, 0.05) is 6.54 Å². The lowest BCUT2D eigenvalue weighted by Crippen LogP contribution is -2.25. The van der Waals surface area contributed by atoms with E-state index in [4.69, 9.17) is 18.0 Å².